The van der Waals surface area contributed by atoms with Crippen molar-refractivity contribution >= 4 is 17.3 Å². The first-order valence-electron chi connectivity index (χ1n) is 5.07. The molecule has 7 heteroatoms. The van der Waals surface area contributed by atoms with Crippen LogP contribution in [0.15, 0.2) is 24.3 Å². The summed E-state index contributed by atoms with van der Waals surface area (Å²) in [5.41, 5.74) is 6.44. The largest absolute Gasteiger partial charge is 0.411 e. The predicted octanol–water partition coefficient (Wildman–Crippen LogP) is 1.81. The second kappa shape index (κ2) is 5.72. The van der Waals surface area contributed by atoms with Crippen LogP contribution in [-0.2, 0) is 9.53 Å². The molecule has 0 radical (unpaired) electrons. The van der Waals surface area contributed by atoms with Crippen LogP contribution in [0.3, 0.4) is 0 Å². The van der Waals surface area contributed by atoms with Gasteiger partial charge in [0.15, 0.2) is 0 Å². The van der Waals surface area contributed by atoms with Gasteiger partial charge in [-0.25, -0.2) is 0 Å². The molecule has 0 aliphatic heterocycles. The van der Waals surface area contributed by atoms with Crippen molar-refractivity contribution in [2.75, 3.05) is 30.9 Å². The minimum Gasteiger partial charge on any atom is -0.397 e. The minimum atomic E-state index is -4.44. The summed E-state index contributed by atoms with van der Waals surface area (Å²) < 4.78 is 39.8. The van der Waals surface area contributed by atoms with Crippen molar-refractivity contribution in [3.63, 3.8) is 0 Å². The number of likely N-dealkylation sites (N-methyl/N-ethyl adjacent to an activating group) is 1. The van der Waals surface area contributed by atoms with E-state index in [1.165, 1.54) is 7.05 Å². The van der Waals surface area contributed by atoms with Crippen molar-refractivity contribution in [2.45, 2.75) is 6.18 Å². The van der Waals surface area contributed by atoms with Crippen LogP contribution in [0.4, 0.5) is 24.5 Å². The van der Waals surface area contributed by atoms with Crippen molar-refractivity contribution in [3.8, 4) is 0 Å². The van der Waals surface area contributed by atoms with Crippen molar-refractivity contribution in [1.82, 2.24) is 0 Å². The Bertz CT molecular complexity index is 421. The lowest BCUT2D eigenvalue weighted by molar-refractivity contribution is -0.175. The van der Waals surface area contributed by atoms with Gasteiger partial charge < -0.3 is 15.4 Å². The van der Waals surface area contributed by atoms with Gasteiger partial charge in [-0.2, -0.15) is 13.2 Å². The number of halogens is 3. The van der Waals surface area contributed by atoms with Crippen molar-refractivity contribution < 1.29 is 22.7 Å². The molecule has 0 heterocycles. The highest BCUT2D eigenvalue weighted by Crippen LogP contribution is 2.21. The number of ether oxygens (including phenoxy) is 1. The minimum absolute atomic E-state index is 0.365. The maximum Gasteiger partial charge on any atom is 0.411 e. The summed E-state index contributed by atoms with van der Waals surface area (Å²) >= 11 is 0. The fraction of sp³-hybridized carbons (Fsp3) is 0.364. The molecule has 1 aromatic rings. The summed E-state index contributed by atoms with van der Waals surface area (Å²) in [4.78, 5) is 12.7. The molecule has 0 fully saturated rings. The van der Waals surface area contributed by atoms with Crippen LogP contribution in [0.1, 0.15) is 0 Å². The number of carbonyl (C=O) groups excluding carboxylic acids is 1. The Labute approximate surface area is 102 Å². The van der Waals surface area contributed by atoms with Crippen LogP contribution in [0, 0.1) is 0 Å². The molecule has 0 aliphatic rings. The van der Waals surface area contributed by atoms with Crippen LogP contribution in [0.2, 0.25) is 0 Å². The maximum absolute atomic E-state index is 11.8. The number of hydrogen-bond donors (Lipinski definition) is 1. The first-order valence-corrected chi connectivity index (χ1v) is 5.07. The second-order valence-corrected chi connectivity index (χ2v) is 3.62. The summed E-state index contributed by atoms with van der Waals surface area (Å²) in [5.74, 6) is -0.600. The van der Waals surface area contributed by atoms with E-state index in [0.29, 0.717) is 11.4 Å². The van der Waals surface area contributed by atoms with E-state index in [9.17, 15) is 18.0 Å². The van der Waals surface area contributed by atoms with Gasteiger partial charge in [0, 0.05) is 7.05 Å². The molecular formula is C11H13F3N2O2. The van der Waals surface area contributed by atoms with Gasteiger partial charge in [-0.3, -0.25) is 4.79 Å². The lowest BCUT2D eigenvalue weighted by atomic mass is 10.2. The molecule has 0 unspecified atom stereocenters. The highest BCUT2D eigenvalue weighted by molar-refractivity contribution is 5.96. The maximum atomic E-state index is 11.8. The zero-order valence-electron chi connectivity index (χ0n) is 9.70. The number of nitrogens with zero attached hydrogens (tertiary/aromatic N) is 1. The second-order valence-electron chi connectivity index (χ2n) is 3.62. The van der Waals surface area contributed by atoms with E-state index in [-0.39, 0.29) is 0 Å². The highest BCUT2D eigenvalue weighted by atomic mass is 19.4. The molecule has 0 spiro atoms. The van der Waals surface area contributed by atoms with E-state index < -0.39 is 25.3 Å². The monoisotopic (exact) mass is 262 g/mol. The van der Waals surface area contributed by atoms with Crippen LogP contribution >= 0.6 is 0 Å². The molecule has 2 N–H and O–H groups in total. The van der Waals surface area contributed by atoms with Crippen molar-refractivity contribution in [1.29, 1.82) is 0 Å². The van der Waals surface area contributed by atoms with E-state index >= 15 is 0 Å². The number of rotatable bonds is 4. The van der Waals surface area contributed by atoms with Gasteiger partial charge in [-0.05, 0) is 12.1 Å². The Morgan fingerprint density at radius 3 is 2.56 bits per heavy atom. The van der Waals surface area contributed by atoms with Gasteiger partial charge in [0.05, 0.1) is 11.4 Å². The zero-order chi connectivity index (χ0) is 13.8. The fourth-order valence-corrected chi connectivity index (χ4v) is 1.28. The molecule has 0 saturated carbocycles. The van der Waals surface area contributed by atoms with Crippen LogP contribution < -0.4 is 10.6 Å². The number of para-hydroxylation sites is 2. The normalized spacial score (nSPS) is 11.3. The topological polar surface area (TPSA) is 55.6 Å². The molecule has 0 atom stereocenters. The molecule has 0 aromatic heterocycles. The van der Waals surface area contributed by atoms with E-state index in [1.54, 1.807) is 24.3 Å². The van der Waals surface area contributed by atoms with Gasteiger partial charge in [0.25, 0.3) is 5.91 Å². The number of nitrogens with two attached hydrogens (primary N) is 1. The van der Waals surface area contributed by atoms with Crippen LogP contribution in [0.5, 0.6) is 0 Å². The van der Waals surface area contributed by atoms with Crippen LogP contribution in [0.25, 0.3) is 0 Å². The molecule has 0 saturated heterocycles. The highest BCUT2D eigenvalue weighted by Gasteiger charge is 2.28. The summed E-state index contributed by atoms with van der Waals surface area (Å²) in [6.45, 7) is -2.10. The molecule has 4 nitrogen and oxygen atoms in total. The third-order valence-electron chi connectivity index (χ3n) is 2.16. The molecule has 1 aromatic carbocycles. The number of hydrogen-bond acceptors (Lipinski definition) is 3. The van der Waals surface area contributed by atoms with E-state index in [0.717, 1.165) is 4.90 Å². The Morgan fingerprint density at radius 1 is 1.39 bits per heavy atom. The number of nitrogen functional groups attached to an aromatic ring is 1. The first-order chi connectivity index (χ1) is 8.31. The zero-order valence-corrected chi connectivity index (χ0v) is 9.70. The third-order valence-corrected chi connectivity index (χ3v) is 2.16. The van der Waals surface area contributed by atoms with E-state index in [2.05, 4.69) is 4.74 Å². The summed E-state index contributed by atoms with van der Waals surface area (Å²) in [6.07, 6.45) is -4.44. The number of amides is 1. The first kappa shape index (κ1) is 14.3. The Morgan fingerprint density at radius 2 is 2.00 bits per heavy atom. The summed E-state index contributed by atoms with van der Waals surface area (Å²) in [6, 6.07) is 6.55. The molecule has 18 heavy (non-hydrogen) atoms. The molecule has 0 aliphatic carbocycles. The van der Waals surface area contributed by atoms with Gasteiger partial charge in [-0.15, -0.1) is 0 Å². The smallest absolute Gasteiger partial charge is 0.397 e. The molecular weight excluding hydrogens is 249 g/mol. The lowest BCUT2D eigenvalue weighted by Gasteiger charge is -2.19. The van der Waals surface area contributed by atoms with Crippen LogP contribution in [-0.4, -0.2) is 32.3 Å². The van der Waals surface area contributed by atoms with E-state index in [1.807, 2.05) is 0 Å². The Hall–Kier alpha value is -1.76. The molecule has 1 rings (SSSR count). The predicted molar refractivity (Wildman–Crippen MR) is 61.1 cm³/mol. The van der Waals surface area contributed by atoms with Crippen molar-refractivity contribution in [3.05, 3.63) is 24.3 Å². The fourth-order valence-electron chi connectivity index (χ4n) is 1.28. The number of benzene rings is 1. The third kappa shape index (κ3) is 4.25. The van der Waals surface area contributed by atoms with Gasteiger partial charge >= 0.3 is 6.18 Å². The average molecular weight is 262 g/mol. The molecule has 100 valence electrons. The van der Waals surface area contributed by atoms with E-state index in [4.69, 9.17) is 5.73 Å². The average Bonchev–Trinajstić information content (AvgIpc) is 2.27. The lowest BCUT2D eigenvalue weighted by Crippen LogP contribution is -2.32. The van der Waals surface area contributed by atoms with Gasteiger partial charge in [0.1, 0.15) is 13.2 Å². The van der Waals surface area contributed by atoms with Gasteiger partial charge in [0.2, 0.25) is 0 Å². The number of alkyl halides is 3. The number of anilines is 2. The Kier molecular flexibility index (Phi) is 4.55. The SMILES string of the molecule is CN(C(=O)COCC(F)(F)F)c1ccccc1N. The summed E-state index contributed by atoms with van der Waals surface area (Å²) in [7, 11) is 1.42. The Balaban J connectivity index is 2.55. The molecule has 1 amide bonds. The van der Waals surface area contributed by atoms with Gasteiger partial charge in [-0.1, -0.05) is 12.1 Å². The quantitative estimate of drug-likeness (QED) is 0.842. The number of carbonyl (C=O) groups is 1. The van der Waals surface area contributed by atoms with Crippen molar-refractivity contribution in [2.24, 2.45) is 0 Å². The summed E-state index contributed by atoms with van der Waals surface area (Å²) in [5, 5.41) is 0. The molecule has 0 bridgehead atoms. The standard InChI is InChI=1S/C11H13F3N2O2/c1-16(9-5-3-2-4-8(9)15)10(17)6-18-7-11(12,13)14/h2-5H,6-7,15H2,1H3.